The molecule has 180 valence electrons. The SMILES string of the molecule is CCCC(C)C1CCC(C2CCC(c3cc(F)c(/C(F)=C/C(F)(F)F)c(F)c3)CC2)OC1. The maximum atomic E-state index is 14.3. The fraction of sp³-hybridized carbons (Fsp3) is 0.680. The Kier molecular flexibility index (Phi) is 8.34. The van der Waals surface area contributed by atoms with Crippen molar-refractivity contribution in [3.63, 3.8) is 0 Å². The van der Waals surface area contributed by atoms with Gasteiger partial charge in [-0.15, -0.1) is 0 Å². The summed E-state index contributed by atoms with van der Waals surface area (Å²) in [4.78, 5) is 0. The molecule has 0 bridgehead atoms. The van der Waals surface area contributed by atoms with E-state index >= 15 is 0 Å². The molecule has 1 aromatic carbocycles. The van der Waals surface area contributed by atoms with Crippen LogP contribution in [0.4, 0.5) is 26.3 Å². The van der Waals surface area contributed by atoms with E-state index in [1.54, 1.807) is 0 Å². The summed E-state index contributed by atoms with van der Waals surface area (Å²) in [5.74, 6) is -2.97. The van der Waals surface area contributed by atoms with Crippen molar-refractivity contribution in [3.05, 3.63) is 41.0 Å². The van der Waals surface area contributed by atoms with Crippen molar-refractivity contribution < 1.29 is 31.1 Å². The number of allylic oxidation sites excluding steroid dienone is 1. The summed E-state index contributed by atoms with van der Waals surface area (Å²) in [6.07, 6.45) is 2.29. The molecule has 3 atom stereocenters. The molecular formula is C25H32F6O. The molecule has 0 spiro atoms. The molecule has 0 amide bonds. The van der Waals surface area contributed by atoms with Gasteiger partial charge in [0, 0.05) is 0 Å². The third-order valence-electron chi connectivity index (χ3n) is 7.26. The molecule has 1 aliphatic heterocycles. The van der Waals surface area contributed by atoms with Gasteiger partial charge in [-0.2, -0.15) is 13.2 Å². The van der Waals surface area contributed by atoms with Gasteiger partial charge in [-0.1, -0.05) is 26.7 Å². The summed E-state index contributed by atoms with van der Waals surface area (Å²) in [6.45, 7) is 5.28. The molecule has 3 rings (SSSR count). The number of benzene rings is 1. The summed E-state index contributed by atoms with van der Waals surface area (Å²) in [7, 11) is 0. The van der Waals surface area contributed by atoms with Crippen molar-refractivity contribution in [2.75, 3.05) is 6.61 Å². The van der Waals surface area contributed by atoms with Crippen LogP contribution < -0.4 is 0 Å². The van der Waals surface area contributed by atoms with Gasteiger partial charge in [0.25, 0.3) is 0 Å². The normalized spacial score (nSPS) is 28.6. The molecule has 3 unspecified atom stereocenters. The second-order valence-corrected chi connectivity index (χ2v) is 9.48. The van der Waals surface area contributed by atoms with E-state index in [0.29, 0.717) is 23.3 Å². The van der Waals surface area contributed by atoms with E-state index in [0.717, 1.165) is 50.8 Å². The number of hydrogen-bond donors (Lipinski definition) is 0. The Morgan fingerprint density at radius 2 is 1.69 bits per heavy atom. The van der Waals surface area contributed by atoms with E-state index in [9.17, 15) is 26.3 Å². The Bertz CT molecular complexity index is 763. The van der Waals surface area contributed by atoms with E-state index in [-0.39, 0.29) is 12.0 Å². The quantitative estimate of drug-likeness (QED) is 0.386. The predicted octanol–water partition coefficient (Wildman–Crippen LogP) is 8.34. The zero-order chi connectivity index (χ0) is 23.5. The first-order valence-corrected chi connectivity index (χ1v) is 11.6. The fourth-order valence-electron chi connectivity index (χ4n) is 5.40. The van der Waals surface area contributed by atoms with Crippen molar-refractivity contribution in [3.8, 4) is 0 Å². The Hall–Kier alpha value is -1.50. The van der Waals surface area contributed by atoms with Gasteiger partial charge >= 0.3 is 6.18 Å². The minimum absolute atomic E-state index is 0.0973. The standard InChI is InChI=1S/C25H32F6O/c1-3-4-15(2)18-9-10-23(32-14-18)17-7-5-16(6-8-17)19-11-20(26)24(21(27)12-19)22(28)13-25(29,30)31/h11-13,15-18,23H,3-10,14H2,1-2H3/b22-13-. The molecule has 32 heavy (non-hydrogen) atoms. The molecule has 0 N–H and O–H groups in total. The average molecular weight is 463 g/mol. The Morgan fingerprint density at radius 1 is 1.06 bits per heavy atom. The van der Waals surface area contributed by atoms with Crippen LogP contribution in [0.5, 0.6) is 0 Å². The molecular weight excluding hydrogens is 430 g/mol. The maximum absolute atomic E-state index is 14.3. The Labute approximate surface area is 186 Å². The number of rotatable bonds is 6. The number of alkyl halides is 3. The van der Waals surface area contributed by atoms with Crippen molar-refractivity contribution in [1.29, 1.82) is 0 Å². The van der Waals surface area contributed by atoms with Crippen LogP contribution in [0.2, 0.25) is 0 Å². The highest BCUT2D eigenvalue weighted by Gasteiger charge is 2.34. The summed E-state index contributed by atoms with van der Waals surface area (Å²) in [5.41, 5.74) is -0.887. The summed E-state index contributed by atoms with van der Waals surface area (Å²) in [5, 5.41) is 0. The first kappa shape index (κ1) is 25.1. The van der Waals surface area contributed by atoms with Gasteiger partial charge in [0.1, 0.15) is 17.5 Å². The minimum atomic E-state index is -4.99. The van der Waals surface area contributed by atoms with Crippen molar-refractivity contribution in [2.24, 2.45) is 17.8 Å². The van der Waals surface area contributed by atoms with Crippen molar-refractivity contribution >= 4 is 5.83 Å². The van der Waals surface area contributed by atoms with Gasteiger partial charge in [0.05, 0.1) is 24.4 Å². The summed E-state index contributed by atoms with van der Waals surface area (Å²) in [6, 6.07) is 1.95. The molecule has 1 aliphatic carbocycles. The second-order valence-electron chi connectivity index (χ2n) is 9.48. The molecule has 0 radical (unpaired) electrons. The monoisotopic (exact) mass is 462 g/mol. The van der Waals surface area contributed by atoms with Gasteiger partial charge in [-0.25, -0.2) is 13.2 Å². The van der Waals surface area contributed by atoms with Gasteiger partial charge in [0.15, 0.2) is 0 Å². The Balaban J connectivity index is 1.58. The second kappa shape index (κ2) is 10.6. The summed E-state index contributed by atoms with van der Waals surface area (Å²) < 4.78 is 85.6. The van der Waals surface area contributed by atoms with Gasteiger partial charge in [-0.3, -0.25) is 0 Å². The van der Waals surface area contributed by atoms with E-state index in [1.807, 2.05) is 0 Å². The molecule has 2 aliphatic rings. The van der Waals surface area contributed by atoms with Gasteiger partial charge < -0.3 is 4.74 Å². The molecule has 0 aromatic heterocycles. The summed E-state index contributed by atoms with van der Waals surface area (Å²) >= 11 is 0. The number of halogens is 6. The van der Waals surface area contributed by atoms with Crippen molar-refractivity contribution in [1.82, 2.24) is 0 Å². The van der Waals surface area contributed by atoms with Gasteiger partial charge in [-0.05, 0) is 79.9 Å². The van der Waals surface area contributed by atoms with Crippen LogP contribution in [0.25, 0.3) is 5.83 Å². The lowest BCUT2D eigenvalue weighted by Crippen LogP contribution is -2.35. The lowest BCUT2D eigenvalue weighted by Gasteiger charge is -2.39. The van der Waals surface area contributed by atoms with Crippen LogP contribution in [0.1, 0.15) is 82.3 Å². The van der Waals surface area contributed by atoms with Crippen LogP contribution >= 0.6 is 0 Å². The van der Waals surface area contributed by atoms with E-state index in [4.69, 9.17) is 4.74 Å². The first-order valence-electron chi connectivity index (χ1n) is 11.6. The minimum Gasteiger partial charge on any atom is -0.378 e. The average Bonchev–Trinajstić information content (AvgIpc) is 2.72. The molecule has 1 heterocycles. The van der Waals surface area contributed by atoms with Gasteiger partial charge in [0.2, 0.25) is 0 Å². The van der Waals surface area contributed by atoms with E-state index in [2.05, 4.69) is 13.8 Å². The topological polar surface area (TPSA) is 9.23 Å². The van der Waals surface area contributed by atoms with E-state index < -0.39 is 35.3 Å². The zero-order valence-corrected chi connectivity index (χ0v) is 18.7. The maximum Gasteiger partial charge on any atom is 0.412 e. The number of ether oxygens (including phenoxy) is 1. The highest BCUT2D eigenvalue weighted by atomic mass is 19.4. The number of hydrogen-bond acceptors (Lipinski definition) is 1. The molecule has 7 heteroatoms. The van der Waals surface area contributed by atoms with Crippen LogP contribution in [0.3, 0.4) is 0 Å². The first-order chi connectivity index (χ1) is 15.1. The van der Waals surface area contributed by atoms with Crippen LogP contribution in [0, 0.1) is 29.4 Å². The molecule has 1 aromatic rings. The largest absolute Gasteiger partial charge is 0.412 e. The molecule has 1 saturated heterocycles. The lowest BCUT2D eigenvalue weighted by molar-refractivity contribution is -0.0798. The highest BCUT2D eigenvalue weighted by Crippen LogP contribution is 2.42. The fourth-order valence-corrected chi connectivity index (χ4v) is 5.40. The smallest absolute Gasteiger partial charge is 0.378 e. The zero-order valence-electron chi connectivity index (χ0n) is 18.7. The third-order valence-corrected chi connectivity index (χ3v) is 7.26. The van der Waals surface area contributed by atoms with E-state index in [1.165, 1.54) is 19.3 Å². The van der Waals surface area contributed by atoms with Crippen LogP contribution in [0.15, 0.2) is 18.2 Å². The predicted molar refractivity (Wildman–Crippen MR) is 113 cm³/mol. The van der Waals surface area contributed by atoms with Crippen molar-refractivity contribution in [2.45, 2.75) is 83.4 Å². The molecule has 1 nitrogen and oxygen atoms in total. The molecule has 1 saturated carbocycles. The van der Waals surface area contributed by atoms with Crippen LogP contribution in [-0.4, -0.2) is 18.9 Å². The Morgan fingerprint density at radius 3 is 2.19 bits per heavy atom. The third kappa shape index (κ3) is 6.30. The lowest BCUT2D eigenvalue weighted by atomic mass is 9.74. The highest BCUT2D eigenvalue weighted by molar-refractivity contribution is 5.61. The molecule has 2 fully saturated rings. The van der Waals surface area contributed by atoms with Crippen LogP contribution in [-0.2, 0) is 4.74 Å².